The van der Waals surface area contributed by atoms with E-state index in [1.807, 2.05) is 20.0 Å². The number of aryl methyl sites for hydroxylation is 1. The minimum atomic E-state index is -0.237. The summed E-state index contributed by atoms with van der Waals surface area (Å²) in [6.07, 6.45) is 1.79. The predicted octanol–water partition coefficient (Wildman–Crippen LogP) is 1.33. The molecule has 0 aliphatic carbocycles. The minimum absolute atomic E-state index is 0.199. The van der Waals surface area contributed by atoms with Crippen LogP contribution in [0, 0.1) is 12.3 Å². The van der Waals surface area contributed by atoms with Crippen molar-refractivity contribution in [1.29, 1.82) is 0 Å². The van der Waals surface area contributed by atoms with Gasteiger partial charge in [-0.25, -0.2) is 0 Å². The Kier molecular flexibility index (Phi) is 3.71. The van der Waals surface area contributed by atoms with E-state index >= 15 is 0 Å². The normalized spacial score (nSPS) is 18.6. The van der Waals surface area contributed by atoms with Gasteiger partial charge in [0.2, 0.25) is 5.91 Å². The van der Waals surface area contributed by atoms with Crippen LogP contribution in [-0.4, -0.2) is 36.1 Å². The van der Waals surface area contributed by atoms with Crippen LogP contribution in [0.3, 0.4) is 0 Å². The van der Waals surface area contributed by atoms with Crippen LogP contribution in [-0.2, 0) is 11.3 Å². The van der Waals surface area contributed by atoms with Crippen LogP contribution in [0.5, 0.6) is 0 Å². The van der Waals surface area contributed by atoms with Gasteiger partial charge < -0.3 is 14.7 Å². The van der Waals surface area contributed by atoms with Crippen LogP contribution in [0.1, 0.15) is 31.2 Å². The molecule has 2 rings (SSSR count). The first-order valence-electron chi connectivity index (χ1n) is 6.40. The van der Waals surface area contributed by atoms with Gasteiger partial charge >= 0.3 is 0 Å². The number of hydrogen-bond donors (Lipinski definition) is 1. The summed E-state index contributed by atoms with van der Waals surface area (Å²) in [4.78, 5) is 14.2. The van der Waals surface area contributed by atoms with Crippen LogP contribution < -0.4 is 5.32 Å². The van der Waals surface area contributed by atoms with E-state index in [2.05, 4.69) is 17.4 Å². The number of carbonyl (C=O) groups is 1. The van der Waals surface area contributed by atoms with Crippen LogP contribution in [0.25, 0.3) is 0 Å². The van der Waals surface area contributed by atoms with Crippen LogP contribution in [0.4, 0.5) is 0 Å². The number of hydrogen-bond acceptors (Lipinski definition) is 4. The average molecular weight is 251 g/mol. The highest BCUT2D eigenvalue weighted by atomic mass is 16.5. The first-order valence-corrected chi connectivity index (χ1v) is 6.40. The van der Waals surface area contributed by atoms with Crippen molar-refractivity contribution < 1.29 is 9.32 Å². The summed E-state index contributed by atoms with van der Waals surface area (Å²) in [6.45, 7) is 6.25. The minimum Gasteiger partial charge on any atom is -0.361 e. The molecule has 1 amide bonds. The molecule has 1 aromatic rings. The monoisotopic (exact) mass is 251 g/mol. The van der Waals surface area contributed by atoms with Crippen molar-refractivity contribution in [2.24, 2.45) is 5.41 Å². The molecule has 0 aromatic carbocycles. The molecule has 5 heteroatoms. The Morgan fingerprint density at radius 3 is 2.78 bits per heavy atom. The molecule has 1 saturated heterocycles. The van der Waals surface area contributed by atoms with E-state index in [4.69, 9.17) is 4.52 Å². The van der Waals surface area contributed by atoms with Gasteiger partial charge in [-0.15, -0.1) is 0 Å². The summed E-state index contributed by atoms with van der Waals surface area (Å²) < 4.78 is 5.02. The number of piperidine rings is 1. The lowest BCUT2D eigenvalue weighted by Gasteiger charge is -2.35. The van der Waals surface area contributed by atoms with Crippen molar-refractivity contribution >= 4 is 5.91 Å². The molecule has 1 N–H and O–H groups in total. The molecule has 1 fully saturated rings. The Bertz CT molecular complexity index is 422. The maximum atomic E-state index is 12.5. The molecular formula is C13H21N3O2. The largest absolute Gasteiger partial charge is 0.361 e. The predicted molar refractivity (Wildman–Crippen MR) is 67.9 cm³/mol. The first kappa shape index (κ1) is 13.1. The number of nitrogens with one attached hydrogen (secondary N) is 1. The lowest BCUT2D eigenvalue weighted by Crippen LogP contribution is -2.46. The smallest absolute Gasteiger partial charge is 0.228 e. The molecule has 5 nitrogen and oxygen atoms in total. The number of aromatic nitrogens is 1. The third-order valence-corrected chi connectivity index (χ3v) is 3.65. The van der Waals surface area contributed by atoms with E-state index < -0.39 is 0 Å². The maximum absolute atomic E-state index is 12.5. The van der Waals surface area contributed by atoms with Gasteiger partial charge in [-0.2, -0.15) is 0 Å². The zero-order valence-corrected chi connectivity index (χ0v) is 11.3. The third-order valence-electron chi connectivity index (χ3n) is 3.65. The van der Waals surface area contributed by atoms with Crippen molar-refractivity contribution in [3.63, 3.8) is 0 Å². The molecule has 1 aromatic heterocycles. The quantitative estimate of drug-likeness (QED) is 0.880. The zero-order valence-electron chi connectivity index (χ0n) is 11.3. The van der Waals surface area contributed by atoms with Gasteiger partial charge in [0.1, 0.15) is 11.5 Å². The van der Waals surface area contributed by atoms with E-state index in [9.17, 15) is 4.79 Å². The Balaban J connectivity index is 1.99. The number of nitrogens with zero attached hydrogens (tertiary/aromatic N) is 2. The molecule has 2 heterocycles. The summed E-state index contributed by atoms with van der Waals surface area (Å²) in [6, 6.07) is 1.87. The van der Waals surface area contributed by atoms with Gasteiger partial charge in [0.25, 0.3) is 0 Å². The van der Waals surface area contributed by atoms with E-state index in [-0.39, 0.29) is 11.3 Å². The third kappa shape index (κ3) is 2.72. The highest BCUT2D eigenvalue weighted by Crippen LogP contribution is 2.30. The number of amides is 1. The van der Waals surface area contributed by atoms with Crippen LogP contribution in [0.2, 0.25) is 0 Å². The van der Waals surface area contributed by atoms with Crippen molar-refractivity contribution in [1.82, 2.24) is 15.4 Å². The Morgan fingerprint density at radius 1 is 1.56 bits per heavy atom. The lowest BCUT2D eigenvalue weighted by molar-refractivity contribution is -0.142. The molecule has 0 unspecified atom stereocenters. The van der Waals surface area contributed by atoms with E-state index in [0.717, 1.165) is 37.4 Å². The van der Waals surface area contributed by atoms with Gasteiger partial charge in [-0.3, -0.25) is 4.79 Å². The average Bonchev–Trinajstić information content (AvgIpc) is 2.74. The standard InChI is InChI=1S/C13H21N3O2/c1-10-8-11(15-18-10)9-16(3)12(17)13(2)4-6-14-7-5-13/h8,14H,4-7,9H2,1-3H3. The van der Waals surface area contributed by atoms with Gasteiger partial charge in [0, 0.05) is 18.5 Å². The Labute approximate surface area is 108 Å². The topological polar surface area (TPSA) is 58.4 Å². The fourth-order valence-electron chi connectivity index (χ4n) is 2.46. The molecular weight excluding hydrogens is 230 g/mol. The zero-order chi connectivity index (χ0) is 13.2. The summed E-state index contributed by atoms with van der Waals surface area (Å²) in [5, 5.41) is 7.21. The molecule has 1 aliphatic rings. The summed E-state index contributed by atoms with van der Waals surface area (Å²) >= 11 is 0. The van der Waals surface area contributed by atoms with Crippen molar-refractivity contribution in [3.8, 4) is 0 Å². The summed E-state index contributed by atoms with van der Waals surface area (Å²) in [5.41, 5.74) is 0.569. The maximum Gasteiger partial charge on any atom is 0.228 e. The molecule has 100 valence electrons. The van der Waals surface area contributed by atoms with Crippen molar-refractivity contribution in [3.05, 3.63) is 17.5 Å². The second-order valence-electron chi connectivity index (χ2n) is 5.40. The lowest BCUT2D eigenvalue weighted by atomic mass is 9.79. The Hall–Kier alpha value is -1.36. The summed E-state index contributed by atoms with van der Waals surface area (Å²) in [5.74, 6) is 0.976. The van der Waals surface area contributed by atoms with Crippen molar-refractivity contribution in [2.45, 2.75) is 33.2 Å². The summed E-state index contributed by atoms with van der Waals surface area (Å²) in [7, 11) is 1.83. The highest BCUT2D eigenvalue weighted by Gasteiger charge is 2.36. The van der Waals surface area contributed by atoms with Crippen LogP contribution in [0.15, 0.2) is 10.6 Å². The second kappa shape index (κ2) is 5.10. The van der Waals surface area contributed by atoms with E-state index in [0.29, 0.717) is 6.54 Å². The van der Waals surface area contributed by atoms with Gasteiger partial charge in [0.05, 0.1) is 6.54 Å². The van der Waals surface area contributed by atoms with Gasteiger partial charge in [-0.05, 0) is 32.9 Å². The first-order chi connectivity index (χ1) is 8.51. The SMILES string of the molecule is Cc1cc(CN(C)C(=O)C2(C)CCNCC2)no1. The Morgan fingerprint density at radius 2 is 2.22 bits per heavy atom. The molecule has 1 aliphatic heterocycles. The molecule has 0 bridgehead atoms. The van der Waals surface area contributed by atoms with Gasteiger partial charge in [0.15, 0.2) is 0 Å². The van der Waals surface area contributed by atoms with E-state index in [1.165, 1.54) is 0 Å². The van der Waals surface area contributed by atoms with Gasteiger partial charge in [-0.1, -0.05) is 12.1 Å². The van der Waals surface area contributed by atoms with E-state index in [1.54, 1.807) is 4.90 Å². The molecule has 0 saturated carbocycles. The fraction of sp³-hybridized carbons (Fsp3) is 0.692. The van der Waals surface area contributed by atoms with Crippen molar-refractivity contribution in [2.75, 3.05) is 20.1 Å². The number of rotatable bonds is 3. The molecule has 0 radical (unpaired) electrons. The fourth-order valence-corrected chi connectivity index (χ4v) is 2.46. The van der Waals surface area contributed by atoms with Crippen LogP contribution >= 0.6 is 0 Å². The second-order valence-corrected chi connectivity index (χ2v) is 5.40. The molecule has 0 spiro atoms. The number of carbonyl (C=O) groups excluding carboxylic acids is 1. The molecule has 18 heavy (non-hydrogen) atoms. The molecule has 0 atom stereocenters. The highest BCUT2D eigenvalue weighted by molar-refractivity contribution is 5.82.